The van der Waals surface area contributed by atoms with Crippen LogP contribution in [0, 0.1) is 0 Å². The zero-order chi connectivity index (χ0) is 11.4. The van der Waals surface area contributed by atoms with Crippen LogP contribution < -0.4 is 0 Å². The Morgan fingerprint density at radius 3 is 2.50 bits per heavy atom. The summed E-state index contributed by atoms with van der Waals surface area (Å²) in [7, 11) is 0. The van der Waals surface area contributed by atoms with Gasteiger partial charge in [0.1, 0.15) is 5.83 Å². The van der Waals surface area contributed by atoms with Crippen LogP contribution >= 0.6 is 0 Å². The third kappa shape index (κ3) is 2.14. The van der Waals surface area contributed by atoms with Crippen molar-refractivity contribution in [1.82, 2.24) is 10.2 Å². The Morgan fingerprint density at radius 1 is 1.19 bits per heavy atom. The molecule has 0 aliphatic heterocycles. The molecule has 0 atom stereocenters. The minimum atomic E-state index is -0.217. The molecular formula is C13H11FN2. The van der Waals surface area contributed by atoms with E-state index in [-0.39, 0.29) is 5.83 Å². The summed E-state index contributed by atoms with van der Waals surface area (Å²) in [6.45, 7) is 1.67. The SMILES string of the molecule is C/C=C(/F)c1ccc(-c2cccnn2)cc1. The smallest absolute Gasteiger partial charge is 0.126 e. The van der Waals surface area contributed by atoms with Crippen molar-refractivity contribution in [2.45, 2.75) is 6.92 Å². The summed E-state index contributed by atoms with van der Waals surface area (Å²) < 4.78 is 13.2. The maximum Gasteiger partial charge on any atom is 0.126 e. The van der Waals surface area contributed by atoms with Crippen LogP contribution in [-0.4, -0.2) is 10.2 Å². The number of hydrogen-bond acceptors (Lipinski definition) is 2. The molecule has 2 aromatic rings. The van der Waals surface area contributed by atoms with E-state index in [1.165, 1.54) is 6.08 Å². The topological polar surface area (TPSA) is 25.8 Å². The second-order valence-corrected chi connectivity index (χ2v) is 3.32. The van der Waals surface area contributed by atoms with Crippen molar-refractivity contribution in [3.63, 3.8) is 0 Å². The van der Waals surface area contributed by atoms with Crippen LogP contribution in [0.3, 0.4) is 0 Å². The first-order chi connectivity index (χ1) is 7.81. The summed E-state index contributed by atoms with van der Waals surface area (Å²) >= 11 is 0. The Kier molecular flexibility index (Phi) is 3.05. The van der Waals surface area contributed by atoms with Crippen LogP contribution in [0.2, 0.25) is 0 Å². The summed E-state index contributed by atoms with van der Waals surface area (Å²) in [6, 6.07) is 10.8. The largest absolute Gasteiger partial charge is 0.207 e. The van der Waals surface area contributed by atoms with Crippen LogP contribution in [0.25, 0.3) is 17.1 Å². The van der Waals surface area contributed by atoms with Gasteiger partial charge in [-0.15, -0.1) is 0 Å². The van der Waals surface area contributed by atoms with Gasteiger partial charge < -0.3 is 0 Å². The highest BCUT2D eigenvalue weighted by molar-refractivity contribution is 5.65. The van der Waals surface area contributed by atoms with Crippen molar-refractivity contribution >= 4 is 5.83 Å². The quantitative estimate of drug-likeness (QED) is 0.764. The normalized spacial score (nSPS) is 11.5. The Labute approximate surface area is 93.5 Å². The molecule has 80 valence electrons. The molecule has 0 radical (unpaired) electrons. The first-order valence-electron chi connectivity index (χ1n) is 5.01. The lowest BCUT2D eigenvalue weighted by atomic mass is 10.1. The number of halogens is 1. The van der Waals surface area contributed by atoms with Gasteiger partial charge in [-0.2, -0.15) is 10.2 Å². The lowest BCUT2D eigenvalue weighted by Crippen LogP contribution is -1.86. The van der Waals surface area contributed by atoms with Crippen LogP contribution in [0.1, 0.15) is 12.5 Å². The minimum absolute atomic E-state index is 0.217. The lowest BCUT2D eigenvalue weighted by molar-refractivity contribution is 0.758. The van der Waals surface area contributed by atoms with E-state index in [0.717, 1.165) is 11.3 Å². The Morgan fingerprint density at radius 2 is 1.94 bits per heavy atom. The molecule has 0 fully saturated rings. The molecular weight excluding hydrogens is 203 g/mol. The molecule has 16 heavy (non-hydrogen) atoms. The lowest BCUT2D eigenvalue weighted by Gasteiger charge is -2.01. The zero-order valence-corrected chi connectivity index (χ0v) is 8.89. The summed E-state index contributed by atoms with van der Waals surface area (Å²) in [5.74, 6) is -0.217. The van der Waals surface area contributed by atoms with E-state index in [9.17, 15) is 4.39 Å². The second kappa shape index (κ2) is 4.66. The molecule has 2 rings (SSSR count). The van der Waals surface area contributed by atoms with Gasteiger partial charge >= 0.3 is 0 Å². The third-order valence-corrected chi connectivity index (χ3v) is 2.28. The van der Waals surface area contributed by atoms with Gasteiger partial charge in [-0.3, -0.25) is 0 Å². The predicted octanol–water partition coefficient (Wildman–Crippen LogP) is 3.47. The zero-order valence-electron chi connectivity index (χ0n) is 8.89. The summed E-state index contributed by atoms with van der Waals surface area (Å²) in [5, 5.41) is 7.78. The van der Waals surface area contributed by atoms with Gasteiger partial charge in [0.15, 0.2) is 0 Å². The van der Waals surface area contributed by atoms with Crippen LogP contribution in [0.4, 0.5) is 4.39 Å². The van der Waals surface area contributed by atoms with Gasteiger partial charge in [0.2, 0.25) is 0 Å². The van der Waals surface area contributed by atoms with Crippen LogP contribution in [-0.2, 0) is 0 Å². The maximum absolute atomic E-state index is 13.2. The molecule has 0 amide bonds. The number of benzene rings is 1. The molecule has 0 aliphatic rings. The fourth-order valence-electron chi connectivity index (χ4n) is 1.42. The van der Waals surface area contributed by atoms with Crippen LogP contribution in [0.15, 0.2) is 48.7 Å². The molecule has 0 saturated carbocycles. The molecule has 2 nitrogen and oxygen atoms in total. The maximum atomic E-state index is 13.2. The summed E-state index contributed by atoms with van der Waals surface area (Å²) in [5.41, 5.74) is 2.30. The van der Waals surface area contributed by atoms with Crippen molar-refractivity contribution in [2.24, 2.45) is 0 Å². The van der Waals surface area contributed by atoms with E-state index in [1.807, 2.05) is 24.3 Å². The molecule has 1 aromatic carbocycles. The molecule has 0 N–H and O–H groups in total. The molecule has 0 bridgehead atoms. The average molecular weight is 214 g/mol. The van der Waals surface area contributed by atoms with Crippen molar-refractivity contribution in [3.8, 4) is 11.3 Å². The minimum Gasteiger partial charge on any atom is -0.207 e. The molecule has 0 aliphatic carbocycles. The van der Waals surface area contributed by atoms with Gasteiger partial charge in [-0.05, 0) is 19.1 Å². The highest BCUT2D eigenvalue weighted by Gasteiger charge is 2.01. The Balaban J connectivity index is 2.34. The Bertz CT molecular complexity index is 489. The number of aromatic nitrogens is 2. The molecule has 3 heteroatoms. The highest BCUT2D eigenvalue weighted by atomic mass is 19.1. The number of nitrogens with zero attached hydrogens (tertiary/aromatic N) is 2. The van der Waals surface area contributed by atoms with Crippen LogP contribution in [0.5, 0.6) is 0 Å². The molecule has 1 heterocycles. The van der Waals surface area contributed by atoms with Gasteiger partial charge in [-0.25, -0.2) is 4.39 Å². The molecule has 1 aromatic heterocycles. The highest BCUT2D eigenvalue weighted by Crippen LogP contribution is 2.20. The summed E-state index contributed by atoms with van der Waals surface area (Å²) in [6.07, 6.45) is 3.06. The van der Waals surface area contributed by atoms with E-state index < -0.39 is 0 Å². The van der Waals surface area contributed by atoms with Gasteiger partial charge in [0, 0.05) is 17.3 Å². The molecule has 0 unspecified atom stereocenters. The fraction of sp³-hybridized carbons (Fsp3) is 0.0769. The predicted molar refractivity (Wildman–Crippen MR) is 62.2 cm³/mol. The van der Waals surface area contributed by atoms with Gasteiger partial charge in [-0.1, -0.05) is 30.3 Å². The average Bonchev–Trinajstić information content (AvgIpc) is 2.39. The first-order valence-corrected chi connectivity index (χ1v) is 5.01. The number of hydrogen-bond donors (Lipinski definition) is 0. The van der Waals surface area contributed by atoms with Crippen molar-refractivity contribution in [2.75, 3.05) is 0 Å². The number of allylic oxidation sites excluding steroid dienone is 1. The van der Waals surface area contributed by atoms with E-state index >= 15 is 0 Å². The third-order valence-electron chi connectivity index (χ3n) is 2.28. The second-order valence-electron chi connectivity index (χ2n) is 3.32. The monoisotopic (exact) mass is 214 g/mol. The Hall–Kier alpha value is -2.03. The fourth-order valence-corrected chi connectivity index (χ4v) is 1.42. The van der Waals surface area contributed by atoms with Crippen molar-refractivity contribution < 1.29 is 4.39 Å². The van der Waals surface area contributed by atoms with Gasteiger partial charge in [0.25, 0.3) is 0 Å². The van der Waals surface area contributed by atoms with E-state index in [1.54, 1.807) is 25.3 Å². The van der Waals surface area contributed by atoms with Crippen molar-refractivity contribution in [3.05, 3.63) is 54.2 Å². The number of rotatable bonds is 2. The van der Waals surface area contributed by atoms with Crippen molar-refractivity contribution in [1.29, 1.82) is 0 Å². The standard InChI is InChI=1S/C13H11FN2/c1-2-12(14)10-5-7-11(8-6-10)13-4-3-9-15-16-13/h2-9H,1H3/b12-2+. The molecule has 0 spiro atoms. The first kappa shape index (κ1) is 10.5. The van der Waals surface area contributed by atoms with E-state index in [2.05, 4.69) is 10.2 Å². The van der Waals surface area contributed by atoms with Gasteiger partial charge in [0.05, 0.1) is 5.69 Å². The van der Waals surface area contributed by atoms with E-state index in [4.69, 9.17) is 0 Å². The summed E-state index contributed by atoms with van der Waals surface area (Å²) in [4.78, 5) is 0. The van der Waals surface area contributed by atoms with E-state index in [0.29, 0.717) is 5.56 Å². The molecule has 0 saturated heterocycles.